The van der Waals surface area contributed by atoms with Crippen molar-refractivity contribution in [1.29, 1.82) is 0 Å². The normalized spacial score (nSPS) is 16.7. The third kappa shape index (κ3) is 13.3. The van der Waals surface area contributed by atoms with Gasteiger partial charge >= 0.3 is 113 Å². The zero-order valence-electron chi connectivity index (χ0n) is 37.5. The molecule has 0 N–H and O–H groups in total. The molecule has 3 unspecified atom stereocenters. The van der Waals surface area contributed by atoms with Gasteiger partial charge in [-0.1, -0.05) is 67.8 Å². The fourth-order valence-electron chi connectivity index (χ4n) is 5.51. The van der Waals surface area contributed by atoms with Crippen molar-refractivity contribution in [2.75, 3.05) is 26.9 Å². The SMILES string of the molecule is COC(=O)c1cc(OCC(I)CC(F)(F)C(F)(F)C(F)(F)C(F)(F)C(F)(F)C(F)(F)F)c(OCC(I)CC(F)(F)C(F)(F)C(F)(F)C(F)(F)C(F)(F)C(F)(F)F)c(OCC(I)CC(F)(F)C(F)(F)C(F)(F)C(F)(F)C(F)(F)C(F)(F)F)c1. The van der Waals surface area contributed by atoms with Gasteiger partial charge in [0.2, 0.25) is 5.75 Å². The van der Waals surface area contributed by atoms with Crippen LogP contribution in [0.1, 0.15) is 29.6 Å². The minimum Gasteiger partial charge on any atom is -0.488 e. The first-order valence-corrected chi connectivity index (χ1v) is 23.2. The highest BCUT2D eigenvalue weighted by atomic mass is 127. The number of esters is 1. The molecule has 0 spiro atoms. The summed E-state index contributed by atoms with van der Waals surface area (Å²) in [5.41, 5.74) is -1.36. The number of carbonyl (C=O) groups excluding carboxylic acids is 1. The lowest BCUT2D eigenvalue weighted by Gasteiger charge is -2.40. The number of methoxy groups -OCH3 is 1. The van der Waals surface area contributed by atoms with Crippen LogP contribution in [0.15, 0.2) is 12.1 Å². The summed E-state index contributed by atoms with van der Waals surface area (Å²) in [6.45, 7) is -6.36. The molecule has 0 amide bonds. The van der Waals surface area contributed by atoms with E-state index < -0.39 is 187 Å². The number of hydrogen-bond donors (Lipinski definition) is 0. The van der Waals surface area contributed by atoms with Crippen molar-refractivity contribution < 1.29 is 195 Å². The Morgan fingerprint density at radius 1 is 0.341 bits per heavy atom. The molecule has 0 aliphatic rings. The van der Waals surface area contributed by atoms with Crippen molar-refractivity contribution in [1.82, 2.24) is 0 Å². The van der Waals surface area contributed by atoms with Crippen LogP contribution in [-0.2, 0) is 4.74 Å². The molecule has 0 aromatic heterocycles. The molecule has 1 aromatic carbocycles. The fourth-order valence-corrected chi connectivity index (χ4v) is 7.70. The summed E-state index contributed by atoms with van der Waals surface area (Å²) < 4.78 is 544. The zero-order chi connectivity index (χ0) is 66.1. The topological polar surface area (TPSA) is 54.0 Å². The smallest absolute Gasteiger partial charge is 0.460 e. The van der Waals surface area contributed by atoms with Crippen molar-refractivity contribution in [3.63, 3.8) is 0 Å². The maximum absolute atomic E-state index is 14.8. The van der Waals surface area contributed by atoms with Crippen molar-refractivity contribution >= 4 is 73.7 Å². The highest BCUT2D eigenvalue weighted by molar-refractivity contribution is 14.1. The van der Waals surface area contributed by atoms with Crippen LogP contribution in [0.4, 0.5) is 171 Å². The predicted octanol–water partition coefficient (Wildman–Crippen LogP) is 17.4. The van der Waals surface area contributed by atoms with Crippen LogP contribution in [0.5, 0.6) is 17.2 Å². The number of carbonyl (C=O) groups is 1. The van der Waals surface area contributed by atoms with E-state index in [1.54, 1.807) is 0 Å². The van der Waals surface area contributed by atoms with Gasteiger partial charge in [-0.05, 0) is 12.1 Å². The average Bonchev–Trinajstić information content (AvgIpc) is 3.26. The molecule has 1 rings (SSSR count). The van der Waals surface area contributed by atoms with Crippen LogP contribution in [0.2, 0.25) is 0 Å². The number of hydrogen-bond acceptors (Lipinski definition) is 5. The van der Waals surface area contributed by atoms with Gasteiger partial charge in [-0.3, -0.25) is 0 Å². The molecule has 0 aliphatic heterocycles. The maximum Gasteiger partial charge on any atom is 0.460 e. The van der Waals surface area contributed by atoms with Crippen molar-refractivity contribution in [2.45, 2.75) is 138 Å². The highest BCUT2D eigenvalue weighted by Gasteiger charge is 2.93. The average molecular weight is 1640 g/mol. The largest absolute Gasteiger partial charge is 0.488 e. The molecule has 0 saturated heterocycles. The van der Waals surface area contributed by atoms with E-state index in [1.807, 2.05) is 0 Å². The number of rotatable bonds is 28. The van der Waals surface area contributed by atoms with Crippen LogP contribution >= 0.6 is 67.8 Å². The van der Waals surface area contributed by atoms with Crippen LogP contribution in [0, 0.1) is 0 Å². The first-order chi connectivity index (χ1) is 35.5. The molecule has 3 atom stereocenters. The van der Waals surface area contributed by atoms with E-state index in [0.29, 0.717) is 74.9 Å². The Morgan fingerprint density at radius 3 is 0.732 bits per heavy atom. The van der Waals surface area contributed by atoms with E-state index in [1.165, 1.54) is 0 Å². The molecule has 0 radical (unpaired) electrons. The standard InChI is InChI=1S/C35H20F39I3O5/c1-79-17(78)10-2-14(80-7-11(75)4-18(36,37)21(42,43)24(48,49)27(54,55)30(60,61)33(66,67)68)16(82-9-13(77)6-20(40,41)23(46,47)26(52,53)29(58,59)32(64,65)35(72,73)74)15(3-10)81-8-12(76)5-19(38,39)22(44,45)25(50,51)28(56,57)31(62,63)34(69,70)71/h2-3,11-13H,4-9H2,1H3. The van der Waals surface area contributed by atoms with Crippen LogP contribution in [0.3, 0.4) is 0 Å². The van der Waals surface area contributed by atoms with E-state index in [2.05, 4.69) is 4.74 Å². The summed E-state index contributed by atoms with van der Waals surface area (Å²) in [6, 6.07) is -0.108. The monoisotopic (exact) mass is 1640 g/mol. The second-order valence-corrected chi connectivity index (χ2v) is 21.4. The van der Waals surface area contributed by atoms with Gasteiger partial charge in [-0.2, -0.15) is 171 Å². The molecular weight excluding hydrogens is 1620 g/mol. The second kappa shape index (κ2) is 23.6. The molecule has 82 heavy (non-hydrogen) atoms. The number of ether oxygens (including phenoxy) is 4. The van der Waals surface area contributed by atoms with Gasteiger partial charge in [-0.25, -0.2) is 4.79 Å². The Kier molecular flexibility index (Phi) is 22.3. The van der Waals surface area contributed by atoms with Gasteiger partial charge in [0.05, 0.1) is 24.4 Å². The predicted molar refractivity (Wildman–Crippen MR) is 214 cm³/mol. The Morgan fingerprint density at radius 2 is 0.537 bits per heavy atom. The fraction of sp³-hybridized carbons (Fsp3) is 0.800. The molecule has 0 heterocycles. The van der Waals surface area contributed by atoms with E-state index in [9.17, 15) is 176 Å². The van der Waals surface area contributed by atoms with E-state index in [4.69, 9.17) is 14.2 Å². The van der Waals surface area contributed by atoms with Crippen LogP contribution in [0.25, 0.3) is 0 Å². The first kappa shape index (κ1) is 77.6. The number of benzene rings is 1. The van der Waals surface area contributed by atoms with Crippen molar-refractivity contribution in [3.8, 4) is 17.2 Å². The van der Waals surface area contributed by atoms with Crippen molar-refractivity contribution in [2.24, 2.45) is 0 Å². The quantitative estimate of drug-likeness (QED) is 0.0362. The number of alkyl halides is 42. The Bertz CT molecular complexity index is 2260. The van der Waals surface area contributed by atoms with Gasteiger partial charge in [0, 0.05) is 19.3 Å². The second-order valence-electron chi connectivity index (χ2n) is 16.1. The maximum atomic E-state index is 14.8. The van der Waals surface area contributed by atoms with E-state index in [0.717, 1.165) is 0 Å². The van der Waals surface area contributed by atoms with Crippen LogP contribution in [-0.4, -0.2) is 152 Å². The van der Waals surface area contributed by atoms with Gasteiger partial charge < -0.3 is 18.9 Å². The lowest BCUT2D eigenvalue weighted by molar-refractivity contribution is -0.440. The van der Waals surface area contributed by atoms with Gasteiger partial charge in [0.15, 0.2) is 11.5 Å². The lowest BCUT2D eigenvalue weighted by Crippen LogP contribution is -2.70. The third-order valence-electron chi connectivity index (χ3n) is 10.1. The Labute approximate surface area is 467 Å². The molecule has 1 aromatic rings. The Balaban J connectivity index is 4.07. The summed E-state index contributed by atoms with van der Waals surface area (Å²) in [5, 5.41) is 0. The first-order valence-electron chi connectivity index (χ1n) is 19.5. The Hall–Kier alpha value is -2.45. The highest BCUT2D eigenvalue weighted by Crippen LogP contribution is 2.64. The molecular formula is C35H20F39I3O5. The zero-order valence-corrected chi connectivity index (χ0v) is 44.0. The van der Waals surface area contributed by atoms with E-state index in [-0.39, 0.29) is 12.1 Å². The summed E-state index contributed by atoms with van der Waals surface area (Å²) in [6.07, 6.45) is -33.3. The molecule has 484 valence electrons. The minimum atomic E-state index is -8.49. The molecule has 0 saturated carbocycles. The molecule has 47 heteroatoms. The number of halogens is 42. The summed E-state index contributed by atoms with van der Waals surface area (Å²) >= 11 is 0.946. The van der Waals surface area contributed by atoms with Crippen LogP contribution < -0.4 is 14.2 Å². The summed E-state index contributed by atoms with van der Waals surface area (Å²) in [5.74, 6) is -128. The minimum absolute atomic E-state index is 0.0539. The van der Waals surface area contributed by atoms with Gasteiger partial charge in [-0.15, -0.1) is 0 Å². The van der Waals surface area contributed by atoms with Crippen molar-refractivity contribution in [3.05, 3.63) is 17.7 Å². The van der Waals surface area contributed by atoms with Gasteiger partial charge in [0.1, 0.15) is 19.8 Å². The summed E-state index contributed by atoms with van der Waals surface area (Å²) in [4.78, 5) is 12.5. The molecule has 5 nitrogen and oxygen atoms in total. The molecule has 0 fully saturated rings. The third-order valence-corrected chi connectivity index (χ3v) is 12.5. The molecule has 0 aliphatic carbocycles. The lowest BCUT2D eigenvalue weighted by atomic mass is 9.92. The summed E-state index contributed by atoms with van der Waals surface area (Å²) in [7, 11) is 0.355. The molecule has 0 bridgehead atoms. The van der Waals surface area contributed by atoms with E-state index >= 15 is 0 Å². The van der Waals surface area contributed by atoms with Gasteiger partial charge in [0.25, 0.3) is 0 Å².